The highest BCUT2D eigenvalue weighted by atomic mass is 32.1. The van der Waals surface area contributed by atoms with Gasteiger partial charge < -0.3 is 0 Å². The van der Waals surface area contributed by atoms with E-state index >= 15 is 0 Å². The second kappa shape index (κ2) is 10.2. The van der Waals surface area contributed by atoms with Crippen LogP contribution in [0.15, 0.2) is 84.9 Å². The average Bonchev–Trinajstić information content (AvgIpc) is 3.87. The highest BCUT2D eigenvalue weighted by Gasteiger charge is 2.16. The van der Waals surface area contributed by atoms with Gasteiger partial charge >= 0.3 is 0 Å². The first kappa shape index (κ1) is 27.1. The number of hydrogen-bond acceptors (Lipinski definition) is 10. The zero-order valence-corrected chi connectivity index (χ0v) is 28.0. The number of rotatable bonds is 4. The van der Waals surface area contributed by atoms with Gasteiger partial charge in [-0.1, -0.05) is 0 Å². The Hall–Kier alpha value is -4.04. The fourth-order valence-corrected chi connectivity index (χ4v) is 11.6. The molecule has 0 aliphatic heterocycles. The lowest BCUT2D eigenvalue weighted by Gasteiger charge is -1.97. The minimum Gasteiger partial charge on any atom is -0.235 e. The molecule has 0 saturated carbocycles. The van der Waals surface area contributed by atoms with E-state index in [1.54, 1.807) is 80.2 Å². The molecule has 0 bridgehead atoms. The Labute approximate surface area is 282 Å². The largest absolute Gasteiger partial charge is 0.235 e. The Bertz CT molecular complexity index is 2560. The Morgan fingerprint density at radius 2 is 0.696 bits per heavy atom. The number of aromatic nitrogens is 4. The van der Waals surface area contributed by atoms with E-state index in [0.29, 0.717) is 11.0 Å². The SMILES string of the molecule is Fc1ccc2sc(-c3ccc(-c4nc5cc6cc7sc(-c8ccc(-c9nc%10cc(F)ccc%10s9)s8)nc7cc6cc5s4)s3)nc2c1. The van der Waals surface area contributed by atoms with E-state index < -0.39 is 0 Å². The van der Waals surface area contributed by atoms with E-state index in [4.69, 9.17) is 9.97 Å². The maximum absolute atomic E-state index is 13.7. The van der Waals surface area contributed by atoms with Crippen molar-refractivity contribution in [1.82, 2.24) is 19.9 Å². The fraction of sp³-hybridized carbons (Fsp3) is 0. The fourth-order valence-electron chi connectivity index (χ4n) is 5.45. The minimum atomic E-state index is -0.271. The molecule has 0 fully saturated rings. The van der Waals surface area contributed by atoms with Crippen LogP contribution in [0.3, 0.4) is 0 Å². The molecular formula is C34H14F2N4S6. The van der Waals surface area contributed by atoms with E-state index in [0.717, 1.165) is 80.1 Å². The maximum Gasteiger partial charge on any atom is 0.134 e. The Morgan fingerprint density at radius 1 is 0.348 bits per heavy atom. The topological polar surface area (TPSA) is 51.6 Å². The number of fused-ring (bicyclic) bond motifs is 5. The van der Waals surface area contributed by atoms with E-state index in [2.05, 4.69) is 58.5 Å². The van der Waals surface area contributed by atoms with Gasteiger partial charge in [-0.25, -0.2) is 28.7 Å². The van der Waals surface area contributed by atoms with Gasteiger partial charge in [0.2, 0.25) is 0 Å². The molecular weight excluding hydrogens is 695 g/mol. The van der Waals surface area contributed by atoms with Gasteiger partial charge in [0, 0.05) is 12.1 Å². The zero-order chi connectivity index (χ0) is 30.5. The van der Waals surface area contributed by atoms with Crippen molar-refractivity contribution in [2.24, 2.45) is 0 Å². The third-order valence-electron chi connectivity index (χ3n) is 7.61. The van der Waals surface area contributed by atoms with Gasteiger partial charge in [-0.2, -0.15) is 0 Å². The van der Waals surface area contributed by atoms with Gasteiger partial charge in [-0.05, 0) is 83.6 Å². The molecule has 6 aromatic heterocycles. The van der Waals surface area contributed by atoms with Crippen molar-refractivity contribution >= 4 is 120 Å². The van der Waals surface area contributed by atoms with Crippen LogP contribution in [0.4, 0.5) is 8.78 Å². The summed E-state index contributed by atoms with van der Waals surface area (Å²) in [5.74, 6) is -0.542. The lowest BCUT2D eigenvalue weighted by atomic mass is 10.1. The first-order valence-corrected chi connectivity index (χ1v) is 18.9. The van der Waals surface area contributed by atoms with Crippen LogP contribution in [-0.4, -0.2) is 19.9 Å². The van der Waals surface area contributed by atoms with Gasteiger partial charge in [-0.15, -0.1) is 68.0 Å². The monoisotopic (exact) mass is 708 g/mol. The molecule has 4 aromatic carbocycles. The molecule has 12 heteroatoms. The number of nitrogens with zero attached hydrogens (tertiary/aromatic N) is 4. The molecule has 220 valence electrons. The number of benzene rings is 4. The molecule has 0 radical (unpaired) electrons. The maximum atomic E-state index is 13.7. The van der Waals surface area contributed by atoms with Crippen LogP contribution in [0.25, 0.3) is 91.2 Å². The number of halogens is 2. The molecule has 6 heterocycles. The average molecular weight is 709 g/mol. The lowest BCUT2D eigenvalue weighted by molar-refractivity contribution is 0.629. The normalized spacial score (nSPS) is 12.1. The molecule has 0 unspecified atom stereocenters. The van der Waals surface area contributed by atoms with Crippen LogP contribution in [0.2, 0.25) is 0 Å². The molecule has 0 aliphatic carbocycles. The Kier molecular flexibility index (Phi) is 6.03. The van der Waals surface area contributed by atoms with Crippen LogP contribution < -0.4 is 0 Å². The summed E-state index contributed by atoms with van der Waals surface area (Å²) in [6.45, 7) is 0. The summed E-state index contributed by atoms with van der Waals surface area (Å²) in [6, 6.07) is 26.6. The zero-order valence-electron chi connectivity index (χ0n) is 23.1. The van der Waals surface area contributed by atoms with E-state index in [1.807, 2.05) is 0 Å². The first-order chi connectivity index (χ1) is 22.5. The Balaban J connectivity index is 0.968. The summed E-state index contributed by atoms with van der Waals surface area (Å²) in [7, 11) is 0. The highest BCUT2D eigenvalue weighted by Crippen LogP contribution is 2.43. The van der Waals surface area contributed by atoms with Crippen molar-refractivity contribution < 1.29 is 8.78 Å². The molecule has 0 saturated heterocycles. The van der Waals surface area contributed by atoms with Crippen LogP contribution >= 0.6 is 68.0 Å². The summed E-state index contributed by atoms with van der Waals surface area (Å²) in [5.41, 5.74) is 3.32. The molecule has 4 nitrogen and oxygen atoms in total. The van der Waals surface area contributed by atoms with E-state index in [-0.39, 0.29) is 11.6 Å². The van der Waals surface area contributed by atoms with Crippen molar-refractivity contribution in [2.75, 3.05) is 0 Å². The van der Waals surface area contributed by atoms with Gasteiger partial charge in [0.05, 0.1) is 60.4 Å². The van der Waals surface area contributed by atoms with E-state index in [1.165, 1.54) is 24.3 Å². The van der Waals surface area contributed by atoms with Crippen molar-refractivity contribution in [1.29, 1.82) is 0 Å². The van der Waals surface area contributed by atoms with Gasteiger partial charge in [0.25, 0.3) is 0 Å². The van der Waals surface area contributed by atoms with Crippen molar-refractivity contribution in [3.63, 3.8) is 0 Å². The number of thiophene rings is 2. The molecule has 0 atom stereocenters. The smallest absolute Gasteiger partial charge is 0.134 e. The molecule has 0 aliphatic rings. The van der Waals surface area contributed by atoms with Crippen molar-refractivity contribution in [2.45, 2.75) is 0 Å². The Morgan fingerprint density at radius 3 is 1.09 bits per heavy atom. The second-order valence-electron chi connectivity index (χ2n) is 10.6. The van der Waals surface area contributed by atoms with E-state index in [9.17, 15) is 8.78 Å². The van der Waals surface area contributed by atoms with Crippen molar-refractivity contribution in [3.8, 4) is 39.5 Å². The molecule has 46 heavy (non-hydrogen) atoms. The summed E-state index contributed by atoms with van der Waals surface area (Å²) in [4.78, 5) is 23.6. The highest BCUT2D eigenvalue weighted by molar-refractivity contribution is 7.30. The van der Waals surface area contributed by atoms with Gasteiger partial charge in [-0.3, -0.25) is 0 Å². The summed E-state index contributed by atoms with van der Waals surface area (Å²) < 4.78 is 31.5. The van der Waals surface area contributed by atoms with Gasteiger partial charge in [0.15, 0.2) is 0 Å². The van der Waals surface area contributed by atoms with Crippen LogP contribution in [0.1, 0.15) is 0 Å². The summed E-state index contributed by atoms with van der Waals surface area (Å²) in [5, 5.41) is 6.00. The van der Waals surface area contributed by atoms with Gasteiger partial charge in [0.1, 0.15) is 31.7 Å². The summed E-state index contributed by atoms with van der Waals surface area (Å²) >= 11 is 9.83. The number of hydrogen-bond donors (Lipinski definition) is 0. The second-order valence-corrected chi connectivity index (χ2v) is 16.9. The molecule has 0 N–H and O–H groups in total. The third-order valence-corrected chi connectivity index (χ3v) is 14.6. The van der Waals surface area contributed by atoms with Crippen LogP contribution in [0, 0.1) is 11.6 Å². The minimum absolute atomic E-state index is 0.271. The third kappa shape index (κ3) is 4.51. The molecule has 0 amide bonds. The number of thiazole rings is 4. The standard InChI is InChI=1S/C34H14F2N4S6/c35-17-1-3-23-21(13-17)39-31(43-23)25-5-7-27(41-25)33-37-19-9-15-12-30-20(10-16(15)11-29(19)45-33)38-34(46-30)28-8-6-26(42-28)32-40-22-14-18(36)2-4-24(22)44-32/h1-14H. The predicted molar refractivity (Wildman–Crippen MR) is 194 cm³/mol. The first-order valence-electron chi connectivity index (χ1n) is 14.0. The van der Waals surface area contributed by atoms with Crippen LogP contribution in [-0.2, 0) is 0 Å². The summed E-state index contributed by atoms with van der Waals surface area (Å²) in [6.07, 6.45) is 0. The quantitative estimate of drug-likeness (QED) is 0.183. The molecule has 0 spiro atoms. The molecule has 10 rings (SSSR count). The molecule has 10 aromatic rings. The van der Waals surface area contributed by atoms with Crippen LogP contribution in [0.5, 0.6) is 0 Å². The van der Waals surface area contributed by atoms with Crippen molar-refractivity contribution in [3.05, 3.63) is 96.6 Å². The predicted octanol–water partition coefficient (Wildman–Crippen LogP) is 12.3. The lowest BCUT2D eigenvalue weighted by Crippen LogP contribution is -1.76.